The van der Waals surface area contributed by atoms with Crippen LogP contribution in [0.2, 0.25) is 0 Å². The van der Waals surface area contributed by atoms with Crippen molar-refractivity contribution in [2.75, 3.05) is 7.11 Å². The lowest BCUT2D eigenvalue weighted by Gasteiger charge is -2.17. The van der Waals surface area contributed by atoms with Crippen LogP contribution in [-0.2, 0) is 13.1 Å². The molecule has 0 saturated carbocycles. The van der Waals surface area contributed by atoms with Crippen molar-refractivity contribution >= 4 is 5.84 Å². The molecule has 168 valence electrons. The van der Waals surface area contributed by atoms with Gasteiger partial charge < -0.3 is 10.5 Å². The van der Waals surface area contributed by atoms with Gasteiger partial charge >= 0.3 is 5.69 Å². The van der Waals surface area contributed by atoms with E-state index in [1.807, 2.05) is 12.1 Å². The molecule has 9 nitrogen and oxygen atoms in total. The molecule has 0 bridgehead atoms. The van der Waals surface area contributed by atoms with E-state index >= 15 is 0 Å². The van der Waals surface area contributed by atoms with E-state index < -0.39 is 18.3 Å². The van der Waals surface area contributed by atoms with Crippen molar-refractivity contribution in [3.05, 3.63) is 99.5 Å². The van der Waals surface area contributed by atoms with Gasteiger partial charge in [-0.1, -0.05) is 30.3 Å². The number of rotatable bonds is 8. The number of halogens is 1. The summed E-state index contributed by atoms with van der Waals surface area (Å²) in [5.41, 5.74) is 7.78. The topological polar surface area (TPSA) is 136 Å². The van der Waals surface area contributed by atoms with Crippen molar-refractivity contribution < 1.29 is 9.13 Å². The number of hydrogen-bond donors (Lipinski definition) is 3. The van der Waals surface area contributed by atoms with Crippen molar-refractivity contribution in [3.63, 3.8) is 0 Å². The molecule has 0 aliphatic carbocycles. The van der Waals surface area contributed by atoms with Crippen LogP contribution < -0.4 is 16.2 Å². The minimum Gasteiger partial charge on any atom is -0.497 e. The largest absolute Gasteiger partial charge is 0.497 e. The van der Waals surface area contributed by atoms with Crippen molar-refractivity contribution in [1.82, 2.24) is 24.7 Å². The minimum atomic E-state index is -0.660. The molecule has 10 heteroatoms. The first-order valence-corrected chi connectivity index (χ1v) is 10.1. The Labute approximate surface area is 188 Å². The van der Waals surface area contributed by atoms with Crippen LogP contribution in [0, 0.1) is 5.41 Å². The molecule has 0 saturated heterocycles. The number of methoxy groups -OCH3 is 1. The van der Waals surface area contributed by atoms with Gasteiger partial charge in [0.05, 0.1) is 7.11 Å². The molecule has 0 fully saturated rings. The molecule has 4 rings (SSSR count). The summed E-state index contributed by atoms with van der Waals surface area (Å²) < 4.78 is 20.0. The van der Waals surface area contributed by atoms with Crippen LogP contribution >= 0.6 is 0 Å². The quantitative estimate of drug-likeness (QED) is 0.280. The van der Waals surface area contributed by atoms with E-state index in [1.54, 1.807) is 36.4 Å². The first-order valence-electron chi connectivity index (χ1n) is 10.1. The lowest BCUT2D eigenvalue weighted by molar-refractivity contribution is 0.411. The standard InChI is InChI=1S/C23H22FN7O2/c1-33-18-10-15(13-24)9-17(12-18)19(11-14-3-5-16(6-4-14)20(25)26)21-29-23(32)31(30-21)22-27-7-2-8-28-22/h2-10,12,19H,11,13H2,1H3,(H3,25,26)(H,29,30,32). The summed E-state index contributed by atoms with van der Waals surface area (Å²) in [4.78, 5) is 23.6. The number of aromatic amines is 1. The Morgan fingerprint density at radius 1 is 1.18 bits per heavy atom. The van der Waals surface area contributed by atoms with Gasteiger partial charge in [0.2, 0.25) is 0 Å². The summed E-state index contributed by atoms with van der Waals surface area (Å²) in [5.74, 6) is 0.576. The number of aromatic nitrogens is 5. The van der Waals surface area contributed by atoms with Gasteiger partial charge in [0, 0.05) is 23.9 Å². The summed E-state index contributed by atoms with van der Waals surface area (Å²) in [6.45, 7) is -0.660. The molecule has 1 unspecified atom stereocenters. The Hall–Kier alpha value is -4.34. The smallest absolute Gasteiger partial charge is 0.350 e. The van der Waals surface area contributed by atoms with Crippen LogP contribution in [-0.4, -0.2) is 37.7 Å². The lowest BCUT2D eigenvalue weighted by atomic mass is 9.90. The molecular weight excluding hydrogens is 425 g/mol. The highest BCUT2D eigenvalue weighted by Crippen LogP contribution is 2.30. The van der Waals surface area contributed by atoms with Crippen molar-refractivity contribution in [3.8, 4) is 11.7 Å². The molecule has 4 aromatic rings. The normalized spacial score (nSPS) is 11.8. The zero-order valence-electron chi connectivity index (χ0n) is 17.8. The number of nitrogen functional groups attached to an aromatic ring is 1. The van der Waals surface area contributed by atoms with Crippen LogP contribution in [0.3, 0.4) is 0 Å². The zero-order chi connectivity index (χ0) is 23.4. The molecule has 2 aromatic heterocycles. The third-order valence-corrected chi connectivity index (χ3v) is 5.19. The molecule has 33 heavy (non-hydrogen) atoms. The fourth-order valence-electron chi connectivity index (χ4n) is 3.54. The van der Waals surface area contributed by atoms with Crippen LogP contribution in [0.15, 0.2) is 65.7 Å². The van der Waals surface area contributed by atoms with Gasteiger partial charge in [-0.2, -0.15) is 0 Å². The van der Waals surface area contributed by atoms with Gasteiger partial charge in [0.1, 0.15) is 24.1 Å². The number of amidine groups is 1. The van der Waals surface area contributed by atoms with Crippen molar-refractivity contribution in [1.29, 1.82) is 5.41 Å². The zero-order valence-corrected chi connectivity index (χ0v) is 17.8. The Balaban J connectivity index is 1.80. The maximum Gasteiger partial charge on any atom is 0.350 e. The van der Waals surface area contributed by atoms with E-state index in [0.717, 1.165) is 15.8 Å². The molecule has 0 amide bonds. The van der Waals surface area contributed by atoms with E-state index in [0.29, 0.717) is 29.1 Å². The molecule has 2 heterocycles. The second-order valence-electron chi connectivity index (χ2n) is 7.39. The number of alkyl halides is 1. The Kier molecular flexibility index (Phi) is 6.25. The lowest BCUT2D eigenvalue weighted by Crippen LogP contribution is -2.18. The Bertz CT molecular complexity index is 1290. The highest BCUT2D eigenvalue weighted by atomic mass is 19.1. The molecule has 0 aliphatic rings. The van der Waals surface area contributed by atoms with Gasteiger partial charge in [-0.05, 0) is 41.3 Å². The second kappa shape index (κ2) is 9.43. The van der Waals surface area contributed by atoms with Crippen LogP contribution in [0.4, 0.5) is 4.39 Å². The number of nitrogens with zero attached hydrogens (tertiary/aromatic N) is 4. The molecule has 0 spiro atoms. The molecule has 4 N–H and O–H groups in total. The Morgan fingerprint density at radius 3 is 2.55 bits per heavy atom. The summed E-state index contributed by atoms with van der Waals surface area (Å²) in [6, 6.07) is 14.0. The summed E-state index contributed by atoms with van der Waals surface area (Å²) in [7, 11) is 1.51. The van der Waals surface area contributed by atoms with Crippen molar-refractivity contribution in [2.45, 2.75) is 19.0 Å². The SMILES string of the molecule is COc1cc(CF)cc(C(Cc2ccc(C(=N)N)cc2)c2nn(-c3ncccn3)c(=O)[nH]2)c1. The van der Waals surface area contributed by atoms with E-state index in [1.165, 1.54) is 19.5 Å². The third kappa shape index (κ3) is 4.79. The summed E-state index contributed by atoms with van der Waals surface area (Å²) >= 11 is 0. The Morgan fingerprint density at radius 2 is 1.91 bits per heavy atom. The van der Waals surface area contributed by atoms with E-state index in [-0.39, 0.29) is 11.8 Å². The first kappa shape index (κ1) is 21.9. The highest BCUT2D eigenvalue weighted by Gasteiger charge is 2.23. The van der Waals surface area contributed by atoms with Gasteiger partial charge in [-0.15, -0.1) is 9.78 Å². The number of nitrogens with one attached hydrogen (secondary N) is 2. The molecule has 0 radical (unpaired) electrons. The number of hydrogen-bond acceptors (Lipinski definition) is 6. The van der Waals surface area contributed by atoms with Gasteiger partial charge in [-0.3, -0.25) is 10.4 Å². The number of benzene rings is 2. The predicted molar refractivity (Wildman–Crippen MR) is 121 cm³/mol. The molecule has 2 aromatic carbocycles. The summed E-state index contributed by atoms with van der Waals surface area (Å²) in [5, 5.41) is 12.0. The maximum absolute atomic E-state index is 13.5. The fraction of sp³-hybridized carbons (Fsp3) is 0.174. The van der Waals surface area contributed by atoms with E-state index in [9.17, 15) is 9.18 Å². The fourth-order valence-corrected chi connectivity index (χ4v) is 3.54. The number of nitrogens with two attached hydrogens (primary N) is 1. The van der Waals surface area contributed by atoms with Crippen LogP contribution in [0.1, 0.15) is 34.0 Å². The van der Waals surface area contributed by atoms with Crippen molar-refractivity contribution in [2.24, 2.45) is 5.73 Å². The average Bonchev–Trinajstić information content (AvgIpc) is 3.24. The molecule has 1 atom stereocenters. The van der Waals surface area contributed by atoms with Gasteiger partial charge in [0.15, 0.2) is 0 Å². The van der Waals surface area contributed by atoms with Gasteiger partial charge in [0.25, 0.3) is 5.95 Å². The van der Waals surface area contributed by atoms with Gasteiger partial charge in [-0.25, -0.2) is 19.2 Å². The third-order valence-electron chi connectivity index (χ3n) is 5.19. The van der Waals surface area contributed by atoms with E-state index in [2.05, 4.69) is 20.1 Å². The monoisotopic (exact) mass is 447 g/mol. The van der Waals surface area contributed by atoms with E-state index in [4.69, 9.17) is 15.9 Å². The number of ether oxygens (including phenoxy) is 1. The maximum atomic E-state index is 13.5. The predicted octanol–water partition coefficient (Wildman–Crippen LogP) is 2.49. The first-order chi connectivity index (χ1) is 16.0. The van der Waals surface area contributed by atoms with Crippen LogP contribution in [0.25, 0.3) is 5.95 Å². The number of H-pyrrole nitrogens is 1. The van der Waals surface area contributed by atoms with Crippen LogP contribution in [0.5, 0.6) is 5.75 Å². The molecule has 0 aliphatic heterocycles. The minimum absolute atomic E-state index is 0.0237. The second-order valence-corrected chi connectivity index (χ2v) is 7.39. The average molecular weight is 447 g/mol. The summed E-state index contributed by atoms with van der Waals surface area (Å²) in [6.07, 6.45) is 3.49. The molecular formula is C23H22FN7O2. The highest BCUT2D eigenvalue weighted by molar-refractivity contribution is 5.94.